The summed E-state index contributed by atoms with van der Waals surface area (Å²) in [6, 6.07) is 9.26. The van der Waals surface area contributed by atoms with Crippen LogP contribution in [-0.2, 0) is 11.0 Å². The van der Waals surface area contributed by atoms with Crippen molar-refractivity contribution < 1.29 is 46.6 Å². The Kier molecular flexibility index (Phi) is 7.11. The summed E-state index contributed by atoms with van der Waals surface area (Å²) in [7, 11) is 0. The summed E-state index contributed by atoms with van der Waals surface area (Å²) in [6.07, 6.45) is -4.84. The van der Waals surface area contributed by atoms with E-state index in [4.69, 9.17) is 25.8 Å². The molecule has 0 amide bonds. The van der Waals surface area contributed by atoms with Gasteiger partial charge in [0.25, 0.3) is 0 Å². The van der Waals surface area contributed by atoms with Gasteiger partial charge in [-0.2, -0.15) is 13.2 Å². The zero-order valence-electron chi connectivity index (χ0n) is 16.6. The maximum Gasteiger partial charge on any atom is 0.416 e. The van der Waals surface area contributed by atoms with Crippen molar-refractivity contribution in [3.63, 3.8) is 0 Å². The van der Waals surface area contributed by atoms with Gasteiger partial charge in [0, 0.05) is 12.1 Å². The minimum Gasteiger partial charge on any atom is -0.546 e. The molecule has 0 aliphatic rings. The predicted octanol–water partition coefficient (Wildman–Crippen LogP) is 5.12. The lowest BCUT2D eigenvalue weighted by molar-refractivity contribution is -0.385. The van der Waals surface area contributed by atoms with Crippen LogP contribution in [0.4, 0.5) is 23.2 Å². The number of benzene rings is 3. The minimum absolute atomic E-state index is 0.0795. The Bertz CT molecular complexity index is 1230. The Balaban J connectivity index is 1.96. The molecule has 3 aromatic carbocycles. The molecule has 0 fully saturated rings. The summed E-state index contributed by atoms with van der Waals surface area (Å²) < 4.78 is 68.5. The number of ether oxygens (including phenoxy) is 3. The van der Waals surface area contributed by atoms with E-state index in [1.165, 1.54) is 24.3 Å². The number of carboxylic acid groups (broad SMARTS) is 1. The maximum absolute atomic E-state index is 14.3. The largest absolute Gasteiger partial charge is 0.546 e. The lowest BCUT2D eigenvalue weighted by Gasteiger charge is -2.15. The molecule has 0 saturated heterocycles. The number of rotatable bonds is 8. The number of carboxylic acids is 1. The van der Waals surface area contributed by atoms with Crippen molar-refractivity contribution in [1.29, 1.82) is 0 Å². The Morgan fingerprint density at radius 3 is 2.26 bits per heavy atom. The van der Waals surface area contributed by atoms with Gasteiger partial charge in [0.2, 0.25) is 5.75 Å². The van der Waals surface area contributed by atoms with Crippen LogP contribution >= 0.6 is 11.6 Å². The van der Waals surface area contributed by atoms with Gasteiger partial charge in [-0.1, -0.05) is 23.7 Å². The van der Waals surface area contributed by atoms with E-state index in [9.17, 15) is 37.6 Å². The van der Waals surface area contributed by atoms with Crippen LogP contribution in [-0.4, -0.2) is 17.5 Å². The van der Waals surface area contributed by atoms with Crippen molar-refractivity contribution in [2.45, 2.75) is 6.18 Å². The third-order valence-electron chi connectivity index (χ3n) is 4.09. The Hall–Kier alpha value is -4.06. The third-order valence-corrected chi connectivity index (χ3v) is 4.37. The van der Waals surface area contributed by atoms with Gasteiger partial charge in [0.05, 0.1) is 21.5 Å². The summed E-state index contributed by atoms with van der Waals surface area (Å²) in [5.74, 6) is -4.54. The van der Waals surface area contributed by atoms with Gasteiger partial charge in [-0.3, -0.25) is 10.1 Å². The van der Waals surface area contributed by atoms with Crippen LogP contribution in [0.25, 0.3) is 0 Å². The molecule has 0 unspecified atom stereocenters. The van der Waals surface area contributed by atoms with E-state index in [1.807, 2.05) is 0 Å². The highest BCUT2D eigenvalue weighted by Gasteiger charge is 2.33. The molecule has 0 heterocycles. The average Bonchev–Trinajstić information content (AvgIpc) is 2.74. The van der Waals surface area contributed by atoms with Crippen LogP contribution in [0.15, 0.2) is 54.6 Å². The van der Waals surface area contributed by atoms with E-state index in [-0.39, 0.29) is 23.3 Å². The molecule has 3 rings (SSSR count). The van der Waals surface area contributed by atoms with Crippen molar-refractivity contribution in [3.05, 3.63) is 81.1 Å². The molecule has 0 aliphatic heterocycles. The fraction of sp³-hybridized carbons (Fsp3) is 0.0952. The maximum atomic E-state index is 14.3. The first-order valence-electron chi connectivity index (χ1n) is 9.07. The van der Waals surface area contributed by atoms with Gasteiger partial charge in [-0.15, -0.1) is 0 Å². The fourth-order valence-corrected chi connectivity index (χ4v) is 2.88. The number of aliphatic carboxylic acids is 1. The van der Waals surface area contributed by atoms with Crippen molar-refractivity contribution in [3.8, 4) is 28.7 Å². The molecule has 0 N–H and O–H groups in total. The third kappa shape index (κ3) is 5.84. The van der Waals surface area contributed by atoms with Gasteiger partial charge >= 0.3 is 11.9 Å². The molecule has 0 aliphatic carbocycles. The molecule has 0 spiro atoms. The summed E-state index contributed by atoms with van der Waals surface area (Å²) in [5.41, 5.74) is -1.88. The molecule has 0 radical (unpaired) electrons. The number of hydrogen-bond acceptors (Lipinski definition) is 7. The normalized spacial score (nSPS) is 11.1. The smallest absolute Gasteiger partial charge is 0.416 e. The van der Waals surface area contributed by atoms with E-state index in [2.05, 4.69) is 0 Å². The number of nitro benzene ring substituents is 1. The van der Waals surface area contributed by atoms with Crippen LogP contribution in [0.5, 0.6) is 28.7 Å². The lowest BCUT2D eigenvalue weighted by Crippen LogP contribution is -2.29. The van der Waals surface area contributed by atoms with E-state index in [0.717, 1.165) is 18.2 Å². The van der Waals surface area contributed by atoms with Crippen molar-refractivity contribution in [1.82, 2.24) is 0 Å². The summed E-state index contributed by atoms with van der Waals surface area (Å²) >= 11 is 5.75. The molecule has 8 nitrogen and oxygen atoms in total. The topological polar surface area (TPSA) is 111 Å². The first-order valence-corrected chi connectivity index (χ1v) is 9.45. The van der Waals surface area contributed by atoms with Gasteiger partial charge in [0.15, 0.2) is 23.1 Å². The first-order chi connectivity index (χ1) is 16.0. The second kappa shape index (κ2) is 9.83. The molecule has 0 saturated carbocycles. The van der Waals surface area contributed by atoms with Crippen molar-refractivity contribution in [2.24, 2.45) is 0 Å². The number of para-hydroxylation sites is 2. The SMILES string of the molecule is O=C([O-])COc1ccccc1Oc1cc(Oc2c(F)cc(C(F)(F)F)cc2Cl)ccc1[N+](=O)[O-]. The van der Waals surface area contributed by atoms with Gasteiger partial charge < -0.3 is 24.1 Å². The van der Waals surface area contributed by atoms with E-state index >= 15 is 0 Å². The molecule has 0 bridgehead atoms. The monoisotopic (exact) mass is 500 g/mol. The van der Waals surface area contributed by atoms with Crippen LogP contribution < -0.4 is 19.3 Å². The standard InChI is InChI=1S/C21H12ClF4NO7/c22-13-7-11(21(24,25)26)8-14(23)20(13)33-12-5-6-15(27(30)31)18(9-12)34-17-4-2-1-3-16(17)32-10-19(28)29/h1-9H,10H2,(H,28,29)/p-1. The molecule has 34 heavy (non-hydrogen) atoms. The zero-order chi connectivity index (χ0) is 25.0. The van der Waals surface area contributed by atoms with Gasteiger partial charge in [-0.25, -0.2) is 4.39 Å². The van der Waals surface area contributed by atoms with Crippen LogP contribution in [0, 0.1) is 15.9 Å². The number of carbonyl (C=O) groups is 1. The highest BCUT2D eigenvalue weighted by molar-refractivity contribution is 6.32. The van der Waals surface area contributed by atoms with Crippen LogP contribution in [0.2, 0.25) is 5.02 Å². The van der Waals surface area contributed by atoms with Crippen LogP contribution in [0.1, 0.15) is 5.56 Å². The molecule has 13 heteroatoms. The summed E-state index contributed by atoms with van der Waals surface area (Å²) in [4.78, 5) is 21.3. The average molecular weight is 501 g/mol. The summed E-state index contributed by atoms with van der Waals surface area (Å²) in [6.45, 7) is -0.822. The quantitative estimate of drug-likeness (QED) is 0.240. The molecular formula is C21H11ClF4NO7-. The second-order valence-corrected chi connectivity index (χ2v) is 6.87. The lowest BCUT2D eigenvalue weighted by atomic mass is 10.2. The molecule has 0 aromatic heterocycles. The zero-order valence-corrected chi connectivity index (χ0v) is 17.4. The Labute approximate surface area is 193 Å². The van der Waals surface area contributed by atoms with Crippen LogP contribution in [0.3, 0.4) is 0 Å². The number of carbonyl (C=O) groups excluding carboxylic acids is 1. The molecule has 0 atom stereocenters. The number of hydrogen-bond donors (Lipinski definition) is 0. The Morgan fingerprint density at radius 1 is 1.00 bits per heavy atom. The van der Waals surface area contributed by atoms with Gasteiger partial charge in [-0.05, 0) is 30.3 Å². The number of nitrogens with zero attached hydrogens (tertiary/aromatic N) is 1. The van der Waals surface area contributed by atoms with Crippen molar-refractivity contribution >= 4 is 23.3 Å². The number of halogens is 5. The predicted molar refractivity (Wildman–Crippen MR) is 107 cm³/mol. The summed E-state index contributed by atoms with van der Waals surface area (Å²) in [5, 5.41) is 21.4. The second-order valence-electron chi connectivity index (χ2n) is 6.46. The van der Waals surface area contributed by atoms with Crippen molar-refractivity contribution in [2.75, 3.05) is 6.61 Å². The highest BCUT2D eigenvalue weighted by Crippen LogP contribution is 2.42. The van der Waals surface area contributed by atoms with E-state index < -0.39 is 57.3 Å². The fourth-order valence-electron chi connectivity index (χ4n) is 2.64. The molecular weight excluding hydrogens is 490 g/mol. The molecule has 178 valence electrons. The minimum atomic E-state index is -4.84. The Morgan fingerprint density at radius 2 is 1.68 bits per heavy atom. The van der Waals surface area contributed by atoms with E-state index in [1.54, 1.807) is 0 Å². The molecule has 3 aromatic rings. The first kappa shape index (κ1) is 24.6. The number of nitro groups is 1. The van der Waals surface area contributed by atoms with Gasteiger partial charge in [0.1, 0.15) is 12.4 Å². The highest BCUT2D eigenvalue weighted by atomic mass is 35.5. The number of alkyl halides is 3. The van der Waals surface area contributed by atoms with E-state index in [0.29, 0.717) is 6.07 Å².